The van der Waals surface area contributed by atoms with E-state index in [1.807, 2.05) is 6.07 Å². The van der Waals surface area contributed by atoms with Crippen LogP contribution >= 0.6 is 15.9 Å². The number of rotatable bonds is 5. The zero-order valence-electron chi connectivity index (χ0n) is 19.8. The minimum Gasteiger partial charge on any atom is -0.359 e. The number of amides is 2. The Bertz CT molecular complexity index is 1550. The molecule has 188 valence electrons. The number of imide groups is 1. The lowest BCUT2D eigenvalue weighted by Crippen LogP contribution is -2.46. The van der Waals surface area contributed by atoms with Crippen molar-refractivity contribution >= 4 is 45.0 Å². The van der Waals surface area contributed by atoms with Gasteiger partial charge in [0.1, 0.15) is 11.9 Å². The van der Waals surface area contributed by atoms with E-state index in [1.165, 1.54) is 18.2 Å². The Morgan fingerprint density at radius 1 is 0.789 bits per heavy atom. The molecule has 0 radical (unpaired) electrons. The molecule has 6 rings (SSSR count). The van der Waals surface area contributed by atoms with Gasteiger partial charge in [0.15, 0.2) is 11.6 Å². The molecule has 3 aliphatic rings. The molecule has 2 fully saturated rings. The largest absolute Gasteiger partial charge is 0.359 e. The Morgan fingerprint density at radius 2 is 1.45 bits per heavy atom. The molecule has 3 heterocycles. The summed E-state index contributed by atoms with van der Waals surface area (Å²) in [5.74, 6) is -4.51. The third-order valence-electron chi connectivity index (χ3n) is 7.34. The first-order valence-electron chi connectivity index (χ1n) is 12.1. The second-order valence-corrected chi connectivity index (χ2v) is 10.3. The topological polar surface area (TPSA) is 74.8 Å². The van der Waals surface area contributed by atoms with E-state index in [9.17, 15) is 23.6 Å². The Kier molecular flexibility index (Phi) is 5.91. The van der Waals surface area contributed by atoms with E-state index in [0.29, 0.717) is 16.7 Å². The van der Waals surface area contributed by atoms with Crippen LogP contribution in [0.1, 0.15) is 20.7 Å². The number of anilines is 1. The van der Waals surface area contributed by atoms with Crippen LogP contribution in [-0.4, -0.2) is 40.4 Å². The predicted molar refractivity (Wildman–Crippen MR) is 142 cm³/mol. The number of hydrogen-bond donors (Lipinski definition) is 0. The highest BCUT2D eigenvalue weighted by Gasteiger charge is 2.63. The van der Waals surface area contributed by atoms with E-state index < -0.39 is 41.6 Å². The van der Waals surface area contributed by atoms with E-state index in [0.717, 1.165) is 9.37 Å². The first-order chi connectivity index (χ1) is 18.4. The molecular formula is C30H20BrFN2O4. The molecule has 3 aromatic carbocycles. The molecule has 4 atom stereocenters. The maximum atomic E-state index is 14.7. The van der Waals surface area contributed by atoms with Gasteiger partial charge in [-0.15, -0.1) is 0 Å². The summed E-state index contributed by atoms with van der Waals surface area (Å²) < 4.78 is 15.5. The van der Waals surface area contributed by atoms with E-state index in [-0.39, 0.29) is 17.3 Å². The highest BCUT2D eigenvalue weighted by atomic mass is 79.9. The Labute approximate surface area is 226 Å². The number of nitrogens with zero attached hydrogens (tertiary/aromatic N) is 2. The standard InChI is InChI=1S/C30H20BrFN2O4/c31-20-12-10-18(11-13-20)28(36)26-25-24(29(37)34(30(25)38)22-9-5-4-8-21(22)32)23-16-19(14-15-33(23)26)27(35)17-6-2-1-3-7-17/h1-16,23-26H. The Morgan fingerprint density at radius 3 is 2.16 bits per heavy atom. The lowest BCUT2D eigenvalue weighted by molar-refractivity contribution is -0.123. The highest BCUT2D eigenvalue weighted by molar-refractivity contribution is 9.10. The summed E-state index contributed by atoms with van der Waals surface area (Å²) in [5, 5.41) is 0. The number of halogens is 2. The van der Waals surface area contributed by atoms with Crippen molar-refractivity contribution in [2.75, 3.05) is 4.90 Å². The number of hydrogen-bond acceptors (Lipinski definition) is 5. The van der Waals surface area contributed by atoms with Gasteiger partial charge in [0, 0.05) is 27.4 Å². The van der Waals surface area contributed by atoms with Gasteiger partial charge in [-0.3, -0.25) is 19.2 Å². The average molecular weight is 571 g/mol. The summed E-state index contributed by atoms with van der Waals surface area (Å²) in [6, 6.07) is 19.3. The van der Waals surface area contributed by atoms with Gasteiger partial charge in [-0.05, 0) is 30.3 Å². The van der Waals surface area contributed by atoms with Crippen LogP contribution in [0.15, 0.2) is 107 Å². The predicted octanol–water partition coefficient (Wildman–Crippen LogP) is 4.97. The van der Waals surface area contributed by atoms with Crippen molar-refractivity contribution in [1.29, 1.82) is 0 Å². The maximum Gasteiger partial charge on any atom is 0.240 e. The summed E-state index contributed by atoms with van der Waals surface area (Å²) in [6.45, 7) is 0. The van der Waals surface area contributed by atoms with Crippen LogP contribution in [0.25, 0.3) is 0 Å². The van der Waals surface area contributed by atoms with E-state index in [2.05, 4.69) is 15.9 Å². The van der Waals surface area contributed by atoms with E-state index in [1.54, 1.807) is 77.8 Å². The molecule has 4 unspecified atom stereocenters. The summed E-state index contributed by atoms with van der Waals surface area (Å²) in [6.07, 6.45) is 4.88. The molecule has 0 aliphatic carbocycles. The maximum absolute atomic E-state index is 14.7. The molecule has 0 spiro atoms. The number of fused-ring (bicyclic) bond motifs is 3. The Balaban J connectivity index is 1.44. The monoisotopic (exact) mass is 570 g/mol. The van der Waals surface area contributed by atoms with Crippen molar-refractivity contribution < 1.29 is 23.6 Å². The van der Waals surface area contributed by atoms with Gasteiger partial charge < -0.3 is 4.90 Å². The van der Waals surface area contributed by atoms with Gasteiger partial charge >= 0.3 is 0 Å². The molecule has 3 aliphatic heterocycles. The van der Waals surface area contributed by atoms with Crippen molar-refractivity contribution in [2.24, 2.45) is 11.8 Å². The smallest absolute Gasteiger partial charge is 0.240 e. The van der Waals surface area contributed by atoms with Crippen LogP contribution in [0.3, 0.4) is 0 Å². The number of ketones is 2. The SMILES string of the molecule is O=C(C1=CC2C3C(=O)N(c4ccccc4F)C(=O)C3C(C(=O)c3ccc(Br)cc3)N2C=C1)c1ccccc1. The van der Waals surface area contributed by atoms with Crippen molar-refractivity contribution in [2.45, 2.75) is 12.1 Å². The summed E-state index contributed by atoms with van der Waals surface area (Å²) in [5.41, 5.74) is 1.08. The zero-order valence-corrected chi connectivity index (χ0v) is 21.4. The van der Waals surface area contributed by atoms with Crippen LogP contribution in [-0.2, 0) is 9.59 Å². The lowest BCUT2D eigenvalue weighted by atomic mass is 9.85. The average Bonchev–Trinajstić information content (AvgIpc) is 3.41. The normalized spacial score (nSPS) is 23.8. The van der Waals surface area contributed by atoms with Crippen LogP contribution in [0.2, 0.25) is 0 Å². The van der Waals surface area contributed by atoms with E-state index >= 15 is 0 Å². The molecule has 0 N–H and O–H groups in total. The molecule has 0 bridgehead atoms. The molecule has 8 heteroatoms. The van der Waals surface area contributed by atoms with Crippen LogP contribution in [0.5, 0.6) is 0 Å². The van der Waals surface area contributed by atoms with Crippen molar-refractivity contribution in [3.63, 3.8) is 0 Å². The number of benzene rings is 3. The molecule has 3 aromatic rings. The lowest BCUT2D eigenvalue weighted by Gasteiger charge is -2.32. The number of para-hydroxylation sites is 1. The number of carbonyl (C=O) groups excluding carboxylic acids is 4. The second kappa shape index (κ2) is 9.29. The summed E-state index contributed by atoms with van der Waals surface area (Å²) in [7, 11) is 0. The summed E-state index contributed by atoms with van der Waals surface area (Å²) >= 11 is 3.36. The minimum atomic E-state index is -1.05. The quantitative estimate of drug-likeness (QED) is 0.320. The molecule has 0 aromatic heterocycles. The van der Waals surface area contributed by atoms with Gasteiger partial charge in [0.25, 0.3) is 0 Å². The molecule has 6 nitrogen and oxygen atoms in total. The van der Waals surface area contributed by atoms with Gasteiger partial charge in [0.2, 0.25) is 11.8 Å². The third kappa shape index (κ3) is 3.75. The van der Waals surface area contributed by atoms with Gasteiger partial charge in [0.05, 0.1) is 23.6 Å². The zero-order chi connectivity index (χ0) is 26.6. The fourth-order valence-electron chi connectivity index (χ4n) is 5.61. The van der Waals surface area contributed by atoms with Gasteiger partial charge in [-0.2, -0.15) is 0 Å². The third-order valence-corrected chi connectivity index (χ3v) is 7.87. The number of carbonyl (C=O) groups is 4. The highest BCUT2D eigenvalue weighted by Crippen LogP contribution is 2.47. The van der Waals surface area contributed by atoms with E-state index in [4.69, 9.17) is 0 Å². The number of Topliss-reactive ketones (excluding diaryl/α,β-unsaturated/α-hetero) is 2. The first-order valence-corrected chi connectivity index (χ1v) is 12.9. The van der Waals surface area contributed by atoms with Crippen LogP contribution < -0.4 is 4.90 Å². The van der Waals surface area contributed by atoms with Gasteiger partial charge in [-0.25, -0.2) is 9.29 Å². The second-order valence-electron chi connectivity index (χ2n) is 9.40. The van der Waals surface area contributed by atoms with Crippen molar-refractivity contribution in [1.82, 2.24) is 4.90 Å². The van der Waals surface area contributed by atoms with Crippen LogP contribution in [0.4, 0.5) is 10.1 Å². The fraction of sp³-hybridized carbons (Fsp3) is 0.133. The molecule has 0 saturated carbocycles. The van der Waals surface area contributed by atoms with Gasteiger partial charge in [-0.1, -0.05) is 76.6 Å². The molecule has 2 amide bonds. The van der Waals surface area contributed by atoms with Crippen molar-refractivity contribution in [3.8, 4) is 0 Å². The first kappa shape index (κ1) is 24.2. The van der Waals surface area contributed by atoms with Crippen molar-refractivity contribution in [3.05, 3.63) is 124 Å². The molecule has 2 saturated heterocycles. The minimum absolute atomic E-state index is 0.144. The summed E-state index contributed by atoms with van der Waals surface area (Å²) in [4.78, 5) is 57.1. The molecule has 38 heavy (non-hydrogen) atoms. The van der Waals surface area contributed by atoms with Crippen LogP contribution in [0, 0.1) is 17.7 Å². The number of allylic oxidation sites excluding steroid dienone is 2. The molecular weight excluding hydrogens is 551 g/mol. The Hall–Kier alpha value is -4.17. The fourth-order valence-corrected chi connectivity index (χ4v) is 5.87.